The number of nitrogens with zero attached hydrogens (tertiary/aromatic N) is 3. The molecule has 3 aliphatic carbocycles. The Hall–Kier alpha value is -2.50. The number of likely N-dealkylation sites (N-methyl/N-ethyl adjacent to an activating group) is 1. The number of benzene rings is 1. The molecular formula is C29H34N4O3. The number of nitriles is 1. The summed E-state index contributed by atoms with van der Waals surface area (Å²) in [7, 11) is 3.89. The molecule has 7 heteroatoms. The minimum absolute atomic E-state index is 0.112. The zero-order valence-electron chi connectivity index (χ0n) is 21.2. The summed E-state index contributed by atoms with van der Waals surface area (Å²) in [6.07, 6.45) is 8.89. The fourth-order valence-corrected chi connectivity index (χ4v) is 8.79. The van der Waals surface area contributed by atoms with Crippen molar-refractivity contribution in [2.24, 2.45) is 16.7 Å². The number of imidazole rings is 1. The first-order valence-electron chi connectivity index (χ1n) is 13.2. The molecule has 2 saturated carbocycles. The molecule has 3 fully saturated rings. The van der Waals surface area contributed by atoms with E-state index >= 15 is 0 Å². The molecule has 188 valence electrons. The molecule has 2 spiro atoms. The van der Waals surface area contributed by atoms with Gasteiger partial charge in [-0.2, -0.15) is 5.26 Å². The second-order valence-electron chi connectivity index (χ2n) is 12.3. The number of allylic oxidation sites excluding steroid dienone is 2. The molecule has 36 heavy (non-hydrogen) atoms. The van der Waals surface area contributed by atoms with E-state index in [-0.39, 0.29) is 17.4 Å². The third-order valence-electron chi connectivity index (χ3n) is 10.7. The number of aliphatic hydroxyl groups is 2. The molecule has 2 bridgehead atoms. The Morgan fingerprint density at radius 1 is 1.19 bits per heavy atom. The van der Waals surface area contributed by atoms with Crippen molar-refractivity contribution < 1.29 is 14.9 Å². The number of aliphatic hydroxyl groups excluding tert-OH is 2. The van der Waals surface area contributed by atoms with Gasteiger partial charge in [0.1, 0.15) is 11.5 Å². The number of aromatic nitrogens is 2. The van der Waals surface area contributed by atoms with Crippen LogP contribution in [0, 0.1) is 28.1 Å². The predicted octanol–water partition coefficient (Wildman–Crippen LogP) is 3.56. The molecular weight excluding hydrogens is 452 g/mol. The van der Waals surface area contributed by atoms with E-state index < -0.39 is 28.8 Å². The average Bonchev–Trinajstić information content (AvgIpc) is 3.56. The standard InChI is InChI=1S/C29H34N4O3/c1-26-8-9-27(15-30)13-19-24(34)25(35)22(33(2)3)14-28(19)10-11-29(27,36-28)23(26)7-5-18(26)17-4-6-20-21(12-17)32-16-31-20/h4-6,12-13,16,22-25,34-35H,7-11,14H2,1-3H3,(H,31,32). The molecule has 2 aliphatic heterocycles. The number of hydrogen-bond acceptors (Lipinski definition) is 6. The lowest BCUT2D eigenvalue weighted by molar-refractivity contribution is -0.223. The summed E-state index contributed by atoms with van der Waals surface area (Å²) in [4.78, 5) is 9.61. The first-order chi connectivity index (χ1) is 17.2. The van der Waals surface area contributed by atoms with Crippen LogP contribution < -0.4 is 0 Å². The van der Waals surface area contributed by atoms with Crippen molar-refractivity contribution >= 4 is 16.6 Å². The third-order valence-corrected chi connectivity index (χ3v) is 10.7. The predicted molar refractivity (Wildman–Crippen MR) is 136 cm³/mol. The zero-order valence-corrected chi connectivity index (χ0v) is 21.2. The maximum absolute atomic E-state index is 11.2. The van der Waals surface area contributed by atoms with Gasteiger partial charge >= 0.3 is 0 Å². The van der Waals surface area contributed by atoms with Crippen LogP contribution in [-0.4, -0.2) is 68.6 Å². The first-order valence-corrected chi connectivity index (χ1v) is 13.2. The van der Waals surface area contributed by atoms with E-state index in [1.807, 2.05) is 19.0 Å². The van der Waals surface area contributed by atoms with E-state index in [4.69, 9.17) is 4.74 Å². The molecule has 7 nitrogen and oxygen atoms in total. The van der Waals surface area contributed by atoms with Crippen LogP contribution in [0.15, 0.2) is 42.3 Å². The quantitative estimate of drug-likeness (QED) is 0.561. The average molecular weight is 487 g/mol. The van der Waals surface area contributed by atoms with Crippen molar-refractivity contribution in [2.45, 2.75) is 74.9 Å². The number of hydrogen-bond donors (Lipinski definition) is 3. The van der Waals surface area contributed by atoms with E-state index in [0.717, 1.165) is 42.3 Å². The van der Waals surface area contributed by atoms with Crippen molar-refractivity contribution in [3.05, 3.63) is 47.8 Å². The fourth-order valence-electron chi connectivity index (χ4n) is 8.79. The highest BCUT2D eigenvalue weighted by molar-refractivity contribution is 5.83. The maximum Gasteiger partial charge on any atom is 0.105 e. The highest BCUT2D eigenvalue weighted by Gasteiger charge is 2.74. The van der Waals surface area contributed by atoms with Gasteiger partial charge in [0, 0.05) is 12.0 Å². The van der Waals surface area contributed by atoms with Crippen LogP contribution in [0.2, 0.25) is 0 Å². The van der Waals surface area contributed by atoms with Gasteiger partial charge in [-0.1, -0.05) is 25.1 Å². The maximum atomic E-state index is 11.2. The van der Waals surface area contributed by atoms with E-state index in [1.54, 1.807) is 6.33 Å². The molecule has 8 unspecified atom stereocenters. The largest absolute Gasteiger partial charge is 0.388 e. The summed E-state index contributed by atoms with van der Waals surface area (Å²) in [5.74, 6) is 0.171. The number of rotatable bonds is 2. The normalized spacial score (nSPS) is 45.0. The van der Waals surface area contributed by atoms with Crippen molar-refractivity contribution in [3.63, 3.8) is 0 Å². The molecule has 5 aliphatic rings. The van der Waals surface area contributed by atoms with Gasteiger partial charge in [-0.25, -0.2) is 4.98 Å². The van der Waals surface area contributed by atoms with Crippen LogP contribution in [0.25, 0.3) is 16.6 Å². The Labute approximate surface area is 211 Å². The Bertz CT molecular complexity index is 1370. The molecule has 1 aromatic carbocycles. The lowest BCUT2D eigenvalue weighted by Crippen LogP contribution is -2.66. The minimum Gasteiger partial charge on any atom is -0.388 e. The smallest absolute Gasteiger partial charge is 0.105 e. The molecule has 3 heterocycles. The number of ether oxygens (including phenoxy) is 1. The molecule has 1 saturated heterocycles. The lowest BCUT2D eigenvalue weighted by Gasteiger charge is -2.61. The van der Waals surface area contributed by atoms with Crippen molar-refractivity contribution in [2.75, 3.05) is 14.1 Å². The lowest BCUT2D eigenvalue weighted by atomic mass is 9.49. The van der Waals surface area contributed by atoms with E-state index in [2.05, 4.69) is 53.3 Å². The number of H-pyrrole nitrogens is 1. The van der Waals surface area contributed by atoms with Gasteiger partial charge in [-0.15, -0.1) is 0 Å². The van der Waals surface area contributed by atoms with Gasteiger partial charge in [-0.3, -0.25) is 0 Å². The summed E-state index contributed by atoms with van der Waals surface area (Å²) in [5.41, 5.74) is 3.15. The van der Waals surface area contributed by atoms with Crippen LogP contribution in [0.1, 0.15) is 51.0 Å². The van der Waals surface area contributed by atoms with Crippen molar-refractivity contribution in [1.29, 1.82) is 5.26 Å². The summed E-state index contributed by atoms with van der Waals surface area (Å²) in [6.45, 7) is 2.36. The van der Waals surface area contributed by atoms with Gasteiger partial charge in [0.2, 0.25) is 0 Å². The SMILES string of the molecule is CN(C)C1CC23CCC4(O2)C2CC=C(c5ccc6nc[nH]c6c5)C2(C)CCC4(C#N)C=C3C(O)C1O. The topological polar surface area (TPSA) is 105 Å². The Balaban J connectivity index is 1.33. The Morgan fingerprint density at radius 2 is 2.03 bits per heavy atom. The summed E-state index contributed by atoms with van der Waals surface area (Å²) in [6, 6.07) is 8.94. The summed E-state index contributed by atoms with van der Waals surface area (Å²) in [5, 5.41) is 32.9. The Kier molecular flexibility index (Phi) is 4.46. The molecule has 3 N–H and O–H groups in total. The summed E-state index contributed by atoms with van der Waals surface area (Å²) >= 11 is 0. The molecule has 8 atom stereocenters. The number of aromatic amines is 1. The van der Waals surface area contributed by atoms with Crippen LogP contribution in [0.3, 0.4) is 0 Å². The first kappa shape index (κ1) is 22.7. The molecule has 0 radical (unpaired) electrons. The van der Waals surface area contributed by atoms with E-state index in [0.29, 0.717) is 12.8 Å². The second kappa shape index (κ2) is 7.08. The van der Waals surface area contributed by atoms with Crippen LogP contribution in [-0.2, 0) is 4.74 Å². The minimum atomic E-state index is -1.01. The van der Waals surface area contributed by atoms with Crippen LogP contribution in [0.5, 0.6) is 0 Å². The van der Waals surface area contributed by atoms with Gasteiger partial charge in [-0.05, 0) is 86.9 Å². The van der Waals surface area contributed by atoms with Gasteiger partial charge in [0.15, 0.2) is 0 Å². The molecule has 1 aromatic heterocycles. The summed E-state index contributed by atoms with van der Waals surface area (Å²) < 4.78 is 7.26. The molecule has 0 amide bonds. The van der Waals surface area contributed by atoms with Crippen molar-refractivity contribution in [3.8, 4) is 6.07 Å². The second-order valence-corrected chi connectivity index (χ2v) is 12.3. The molecule has 2 aromatic rings. The highest BCUT2D eigenvalue weighted by Crippen LogP contribution is 2.72. The van der Waals surface area contributed by atoms with Crippen LogP contribution in [0.4, 0.5) is 0 Å². The van der Waals surface area contributed by atoms with Gasteiger partial charge in [0.05, 0.1) is 40.7 Å². The Morgan fingerprint density at radius 3 is 2.81 bits per heavy atom. The molecule has 7 rings (SSSR count). The van der Waals surface area contributed by atoms with Gasteiger partial charge in [0.25, 0.3) is 0 Å². The number of fused-ring (bicyclic) bond motifs is 2. The van der Waals surface area contributed by atoms with Crippen molar-refractivity contribution in [1.82, 2.24) is 14.9 Å². The number of nitrogens with one attached hydrogen (secondary N) is 1. The van der Waals surface area contributed by atoms with Crippen LogP contribution >= 0.6 is 0 Å². The van der Waals surface area contributed by atoms with Gasteiger partial charge < -0.3 is 24.8 Å². The van der Waals surface area contributed by atoms with E-state index in [9.17, 15) is 15.5 Å². The van der Waals surface area contributed by atoms with E-state index in [1.165, 1.54) is 11.1 Å². The zero-order chi connectivity index (χ0) is 25.1. The fraction of sp³-hybridized carbons (Fsp3) is 0.586. The highest BCUT2D eigenvalue weighted by atomic mass is 16.5. The third kappa shape index (κ3) is 2.54. The monoisotopic (exact) mass is 486 g/mol.